The van der Waals surface area contributed by atoms with Crippen LogP contribution in [-0.4, -0.2) is 57.3 Å². The lowest BCUT2D eigenvalue weighted by atomic mass is 9.79. The highest BCUT2D eigenvalue weighted by atomic mass is 16.5. The minimum absolute atomic E-state index is 0.0513. The van der Waals surface area contributed by atoms with Gasteiger partial charge in [0.2, 0.25) is 5.91 Å². The molecule has 2 heterocycles. The van der Waals surface area contributed by atoms with Crippen LogP contribution in [0.3, 0.4) is 0 Å². The van der Waals surface area contributed by atoms with Crippen molar-refractivity contribution in [3.05, 3.63) is 27.4 Å². The number of fused-ring (bicyclic) bond motifs is 1. The molecule has 25 heavy (non-hydrogen) atoms. The molecule has 0 radical (unpaired) electrons. The summed E-state index contributed by atoms with van der Waals surface area (Å²) >= 11 is 0. The summed E-state index contributed by atoms with van der Waals surface area (Å²) in [6, 6.07) is -0.0513. The molecule has 0 unspecified atom stereocenters. The van der Waals surface area contributed by atoms with E-state index in [1.54, 1.807) is 14.0 Å². The van der Waals surface area contributed by atoms with Crippen molar-refractivity contribution >= 4 is 5.91 Å². The fourth-order valence-electron chi connectivity index (χ4n) is 4.47. The van der Waals surface area contributed by atoms with E-state index in [-0.39, 0.29) is 29.3 Å². The molecule has 0 bridgehead atoms. The zero-order valence-electron chi connectivity index (χ0n) is 15.2. The van der Waals surface area contributed by atoms with Crippen molar-refractivity contribution in [3.63, 3.8) is 0 Å². The predicted octanol–water partition coefficient (Wildman–Crippen LogP) is 0.850. The molecular formula is C18H27N3O4. The Labute approximate surface area is 147 Å². The van der Waals surface area contributed by atoms with Gasteiger partial charge >= 0.3 is 5.69 Å². The molecule has 3 rings (SSSR count). The number of H-pyrrole nitrogens is 1. The SMILES string of the molecule is CO[C@@]12CC[C@@H](O)C[C@@H]1N(C(=O)CCc1c(C)nc(=O)[nH]c1C)CC2. The molecule has 1 saturated carbocycles. The Kier molecular flexibility index (Phi) is 4.97. The first-order valence-corrected chi connectivity index (χ1v) is 8.95. The molecule has 1 aromatic heterocycles. The van der Waals surface area contributed by atoms with Gasteiger partial charge in [-0.05, 0) is 51.5 Å². The van der Waals surface area contributed by atoms with E-state index in [0.29, 0.717) is 31.5 Å². The van der Waals surface area contributed by atoms with E-state index in [2.05, 4.69) is 9.97 Å². The third-order valence-electron chi connectivity index (χ3n) is 5.92. The van der Waals surface area contributed by atoms with E-state index >= 15 is 0 Å². The summed E-state index contributed by atoms with van der Waals surface area (Å²) in [5.41, 5.74) is 1.71. The smallest absolute Gasteiger partial charge is 0.345 e. The highest BCUT2D eigenvalue weighted by Crippen LogP contribution is 2.42. The average Bonchev–Trinajstić information content (AvgIpc) is 2.93. The van der Waals surface area contributed by atoms with Crippen LogP contribution in [0.25, 0.3) is 0 Å². The highest BCUT2D eigenvalue weighted by molar-refractivity contribution is 5.77. The second-order valence-corrected chi connectivity index (χ2v) is 7.28. The number of ether oxygens (including phenoxy) is 1. The van der Waals surface area contributed by atoms with Crippen LogP contribution in [0.5, 0.6) is 0 Å². The lowest BCUT2D eigenvalue weighted by Gasteiger charge is -2.42. The van der Waals surface area contributed by atoms with Crippen LogP contribution in [0.15, 0.2) is 4.79 Å². The predicted molar refractivity (Wildman–Crippen MR) is 92.4 cm³/mol. The summed E-state index contributed by atoms with van der Waals surface area (Å²) in [7, 11) is 1.71. The zero-order valence-corrected chi connectivity index (χ0v) is 15.2. The molecule has 3 atom stereocenters. The van der Waals surface area contributed by atoms with Crippen molar-refractivity contribution in [2.45, 2.75) is 70.1 Å². The zero-order chi connectivity index (χ0) is 18.2. The van der Waals surface area contributed by atoms with Gasteiger partial charge in [-0.1, -0.05) is 0 Å². The van der Waals surface area contributed by atoms with Gasteiger partial charge in [0.05, 0.1) is 17.7 Å². The number of aliphatic hydroxyl groups is 1. The number of methoxy groups -OCH3 is 1. The molecule has 138 valence electrons. The van der Waals surface area contributed by atoms with Gasteiger partial charge in [-0.2, -0.15) is 4.98 Å². The maximum atomic E-state index is 12.8. The second kappa shape index (κ2) is 6.88. The molecular weight excluding hydrogens is 322 g/mol. The monoisotopic (exact) mass is 349 g/mol. The van der Waals surface area contributed by atoms with E-state index in [1.165, 1.54) is 0 Å². The number of aliphatic hydroxyl groups excluding tert-OH is 1. The van der Waals surface area contributed by atoms with Gasteiger partial charge in [0, 0.05) is 31.5 Å². The minimum atomic E-state index is -0.366. The maximum Gasteiger partial charge on any atom is 0.345 e. The Bertz CT molecular complexity index is 691. The van der Waals surface area contributed by atoms with Crippen molar-refractivity contribution in [2.24, 2.45) is 0 Å². The van der Waals surface area contributed by atoms with E-state index in [9.17, 15) is 14.7 Å². The first kappa shape index (κ1) is 18.1. The summed E-state index contributed by atoms with van der Waals surface area (Å²) < 4.78 is 5.79. The van der Waals surface area contributed by atoms with Gasteiger partial charge in [0.15, 0.2) is 0 Å². The summed E-state index contributed by atoms with van der Waals surface area (Å²) in [6.45, 7) is 4.30. The fraction of sp³-hybridized carbons (Fsp3) is 0.722. The number of nitrogens with zero attached hydrogens (tertiary/aromatic N) is 2. The van der Waals surface area contributed by atoms with E-state index in [1.807, 2.05) is 11.8 Å². The Hall–Kier alpha value is -1.73. The van der Waals surface area contributed by atoms with Crippen molar-refractivity contribution in [1.29, 1.82) is 0 Å². The quantitative estimate of drug-likeness (QED) is 0.840. The Morgan fingerprint density at radius 2 is 2.20 bits per heavy atom. The van der Waals surface area contributed by atoms with Crippen LogP contribution in [-0.2, 0) is 16.0 Å². The number of hydrogen-bond acceptors (Lipinski definition) is 5. The second-order valence-electron chi connectivity index (χ2n) is 7.28. The summed E-state index contributed by atoms with van der Waals surface area (Å²) in [5, 5.41) is 10.0. The molecule has 1 aliphatic heterocycles. The number of aromatic nitrogens is 2. The Balaban J connectivity index is 1.71. The Morgan fingerprint density at radius 1 is 1.44 bits per heavy atom. The number of aromatic amines is 1. The topological polar surface area (TPSA) is 95.5 Å². The highest BCUT2D eigenvalue weighted by Gasteiger charge is 2.52. The number of aryl methyl sites for hydroxylation is 2. The molecule has 2 N–H and O–H groups in total. The number of carbonyl (C=O) groups excluding carboxylic acids is 1. The van der Waals surface area contributed by atoms with Crippen LogP contribution in [0.4, 0.5) is 0 Å². The standard InChI is InChI=1S/C18H27N3O4/c1-11-14(12(2)20-17(24)19-11)4-5-16(23)21-9-8-18(25-3)7-6-13(22)10-15(18)21/h13,15,22H,4-10H2,1-3H3,(H,19,20,24)/t13-,15+,18-/m1/s1. The van der Waals surface area contributed by atoms with E-state index < -0.39 is 0 Å². The third kappa shape index (κ3) is 3.35. The minimum Gasteiger partial charge on any atom is -0.393 e. The molecule has 1 aromatic rings. The van der Waals surface area contributed by atoms with Gasteiger partial charge in [0.1, 0.15) is 0 Å². The molecule has 7 nitrogen and oxygen atoms in total. The molecule has 7 heteroatoms. The number of nitrogens with one attached hydrogen (secondary N) is 1. The van der Waals surface area contributed by atoms with Gasteiger partial charge in [-0.25, -0.2) is 4.79 Å². The van der Waals surface area contributed by atoms with Crippen LogP contribution < -0.4 is 5.69 Å². The lowest BCUT2D eigenvalue weighted by Crippen LogP contribution is -2.52. The van der Waals surface area contributed by atoms with Crippen LogP contribution in [0.1, 0.15) is 49.1 Å². The largest absolute Gasteiger partial charge is 0.393 e. The number of hydrogen-bond donors (Lipinski definition) is 2. The first-order valence-electron chi connectivity index (χ1n) is 8.95. The average molecular weight is 349 g/mol. The molecule has 0 spiro atoms. The number of likely N-dealkylation sites (tertiary alicyclic amines) is 1. The van der Waals surface area contributed by atoms with E-state index in [4.69, 9.17) is 4.74 Å². The van der Waals surface area contributed by atoms with Crippen molar-refractivity contribution in [1.82, 2.24) is 14.9 Å². The first-order chi connectivity index (χ1) is 11.9. The van der Waals surface area contributed by atoms with Crippen molar-refractivity contribution in [3.8, 4) is 0 Å². The molecule has 1 saturated heterocycles. The third-order valence-corrected chi connectivity index (χ3v) is 5.92. The molecule has 2 fully saturated rings. The van der Waals surface area contributed by atoms with Gasteiger partial charge in [-0.15, -0.1) is 0 Å². The lowest BCUT2D eigenvalue weighted by molar-refractivity contribution is -0.139. The van der Waals surface area contributed by atoms with Crippen molar-refractivity contribution < 1.29 is 14.6 Å². The summed E-state index contributed by atoms with van der Waals surface area (Å²) in [6.07, 6.45) is 3.47. The number of amides is 1. The normalized spacial score (nSPS) is 28.9. The van der Waals surface area contributed by atoms with Gasteiger partial charge < -0.3 is 19.7 Å². The Morgan fingerprint density at radius 3 is 2.88 bits per heavy atom. The fourth-order valence-corrected chi connectivity index (χ4v) is 4.47. The summed E-state index contributed by atoms with van der Waals surface area (Å²) in [5.74, 6) is 0.0722. The van der Waals surface area contributed by atoms with Gasteiger partial charge in [0.25, 0.3) is 0 Å². The van der Waals surface area contributed by atoms with E-state index in [0.717, 1.165) is 30.5 Å². The summed E-state index contributed by atoms with van der Waals surface area (Å²) in [4.78, 5) is 32.7. The van der Waals surface area contributed by atoms with Crippen LogP contribution >= 0.6 is 0 Å². The van der Waals surface area contributed by atoms with Crippen LogP contribution in [0, 0.1) is 13.8 Å². The maximum absolute atomic E-state index is 12.8. The number of rotatable bonds is 4. The molecule has 2 aliphatic rings. The molecule has 1 aliphatic carbocycles. The van der Waals surface area contributed by atoms with Crippen molar-refractivity contribution in [2.75, 3.05) is 13.7 Å². The number of carbonyl (C=O) groups is 1. The van der Waals surface area contributed by atoms with Crippen LogP contribution in [0.2, 0.25) is 0 Å². The van der Waals surface area contributed by atoms with Gasteiger partial charge in [-0.3, -0.25) is 4.79 Å². The molecule has 0 aromatic carbocycles. The molecule has 1 amide bonds.